The molecular weight excluding hydrogens is 332 g/mol. The lowest BCUT2D eigenvalue weighted by atomic mass is 10.1. The van der Waals surface area contributed by atoms with E-state index in [0.29, 0.717) is 27.7 Å². The van der Waals surface area contributed by atoms with Crippen molar-refractivity contribution in [3.63, 3.8) is 0 Å². The lowest BCUT2D eigenvalue weighted by Gasteiger charge is -2.11. The summed E-state index contributed by atoms with van der Waals surface area (Å²) in [6.45, 7) is 1.28. The maximum atomic E-state index is 11.9. The molecule has 0 unspecified atom stereocenters. The highest BCUT2D eigenvalue weighted by atomic mass is 32.1. The van der Waals surface area contributed by atoms with Crippen LogP contribution in [0.15, 0.2) is 40.8 Å². The van der Waals surface area contributed by atoms with E-state index in [2.05, 4.69) is 10.5 Å². The van der Waals surface area contributed by atoms with Crippen LogP contribution < -0.4 is 14.9 Å². The highest BCUT2D eigenvalue weighted by molar-refractivity contribution is 7.12. The predicted molar refractivity (Wildman–Crippen MR) is 90.1 cm³/mol. The molecule has 24 heavy (non-hydrogen) atoms. The summed E-state index contributed by atoms with van der Waals surface area (Å²) < 4.78 is 10.3. The first-order chi connectivity index (χ1) is 11.5. The number of rotatable bonds is 7. The number of carbonyl (C=O) groups is 2. The molecule has 1 aromatic carbocycles. The molecule has 0 aliphatic carbocycles. The van der Waals surface area contributed by atoms with Crippen molar-refractivity contribution in [1.82, 2.24) is 5.43 Å². The summed E-state index contributed by atoms with van der Waals surface area (Å²) in [6, 6.07) is 8.46. The number of methoxy groups -OCH3 is 1. The van der Waals surface area contributed by atoms with E-state index in [0.717, 1.165) is 0 Å². The standard InChI is InChI=1S/C16H16N2O5S/c1-10(17-18-16(21)14-4-3-7-24-14)11-5-6-12(13(8-11)22-2)23-9-15(19)20/h3-8H,9H2,1-2H3,(H,18,21)(H,19,20)/b17-10-. The summed E-state index contributed by atoms with van der Waals surface area (Å²) in [5.41, 5.74) is 3.77. The Morgan fingerprint density at radius 3 is 2.71 bits per heavy atom. The van der Waals surface area contributed by atoms with Gasteiger partial charge in [-0.05, 0) is 36.6 Å². The molecule has 126 valence electrons. The van der Waals surface area contributed by atoms with E-state index in [4.69, 9.17) is 14.6 Å². The van der Waals surface area contributed by atoms with Gasteiger partial charge >= 0.3 is 5.97 Å². The minimum atomic E-state index is -1.07. The van der Waals surface area contributed by atoms with Crippen LogP contribution in [-0.4, -0.2) is 36.4 Å². The quantitative estimate of drug-likeness (QED) is 0.591. The molecule has 1 aromatic heterocycles. The molecule has 7 nitrogen and oxygen atoms in total. The number of nitrogens with one attached hydrogen (secondary N) is 1. The number of carboxylic acids is 1. The summed E-state index contributed by atoms with van der Waals surface area (Å²) >= 11 is 1.33. The van der Waals surface area contributed by atoms with Crippen molar-refractivity contribution in [1.29, 1.82) is 0 Å². The highest BCUT2D eigenvalue weighted by Crippen LogP contribution is 2.28. The summed E-state index contributed by atoms with van der Waals surface area (Å²) in [5.74, 6) is -0.653. The molecule has 1 heterocycles. The van der Waals surface area contributed by atoms with Gasteiger partial charge in [0.2, 0.25) is 0 Å². The van der Waals surface area contributed by atoms with Crippen LogP contribution in [0.4, 0.5) is 0 Å². The molecule has 0 bridgehead atoms. The number of thiophene rings is 1. The van der Waals surface area contributed by atoms with Crippen LogP contribution in [0.2, 0.25) is 0 Å². The third-order valence-corrected chi connectivity index (χ3v) is 3.87. The fraction of sp³-hybridized carbons (Fsp3) is 0.188. The Hall–Kier alpha value is -2.87. The molecule has 0 atom stereocenters. The van der Waals surface area contributed by atoms with E-state index in [9.17, 15) is 9.59 Å². The smallest absolute Gasteiger partial charge is 0.341 e. The van der Waals surface area contributed by atoms with E-state index in [-0.39, 0.29) is 5.91 Å². The summed E-state index contributed by atoms with van der Waals surface area (Å²) in [7, 11) is 1.46. The molecule has 0 aliphatic heterocycles. The monoisotopic (exact) mass is 348 g/mol. The summed E-state index contributed by atoms with van der Waals surface area (Å²) in [5, 5.41) is 14.5. The van der Waals surface area contributed by atoms with Crippen LogP contribution in [0.5, 0.6) is 11.5 Å². The van der Waals surface area contributed by atoms with Gasteiger partial charge in [-0.15, -0.1) is 11.3 Å². The zero-order valence-electron chi connectivity index (χ0n) is 13.1. The first kappa shape index (κ1) is 17.5. The number of hydrogen-bond acceptors (Lipinski definition) is 6. The fourth-order valence-corrected chi connectivity index (χ4v) is 2.43. The molecule has 0 saturated heterocycles. The Morgan fingerprint density at radius 2 is 2.08 bits per heavy atom. The molecule has 0 saturated carbocycles. The number of ether oxygens (including phenoxy) is 2. The van der Waals surface area contributed by atoms with E-state index in [1.807, 2.05) is 5.38 Å². The summed E-state index contributed by atoms with van der Waals surface area (Å²) in [4.78, 5) is 23.0. The Kier molecular flexibility index (Phi) is 5.91. The van der Waals surface area contributed by atoms with Crippen molar-refractivity contribution >= 4 is 28.9 Å². The Balaban J connectivity index is 2.11. The van der Waals surface area contributed by atoms with Crippen LogP contribution in [-0.2, 0) is 4.79 Å². The maximum Gasteiger partial charge on any atom is 0.341 e. The number of hydrazone groups is 1. The Morgan fingerprint density at radius 1 is 1.29 bits per heavy atom. The number of aliphatic carboxylic acids is 1. The summed E-state index contributed by atoms with van der Waals surface area (Å²) in [6.07, 6.45) is 0. The van der Waals surface area contributed by atoms with Crippen molar-refractivity contribution in [2.45, 2.75) is 6.92 Å². The second kappa shape index (κ2) is 8.11. The first-order valence-electron chi connectivity index (χ1n) is 6.92. The predicted octanol–water partition coefficient (Wildman–Crippen LogP) is 2.37. The van der Waals surface area contributed by atoms with E-state index in [1.54, 1.807) is 37.3 Å². The van der Waals surface area contributed by atoms with Gasteiger partial charge in [-0.25, -0.2) is 10.2 Å². The van der Waals surface area contributed by atoms with Gasteiger partial charge in [0.25, 0.3) is 5.91 Å². The molecule has 0 spiro atoms. The van der Waals surface area contributed by atoms with Crippen LogP contribution in [0.25, 0.3) is 0 Å². The van der Waals surface area contributed by atoms with Gasteiger partial charge in [0.15, 0.2) is 18.1 Å². The molecule has 2 aromatic rings. The minimum absolute atomic E-state index is 0.280. The second-order valence-corrected chi connectivity index (χ2v) is 5.61. The van der Waals surface area contributed by atoms with Gasteiger partial charge in [0, 0.05) is 5.56 Å². The van der Waals surface area contributed by atoms with E-state index >= 15 is 0 Å². The molecule has 1 amide bonds. The van der Waals surface area contributed by atoms with Gasteiger partial charge < -0.3 is 14.6 Å². The van der Waals surface area contributed by atoms with Crippen molar-refractivity contribution < 1.29 is 24.2 Å². The molecule has 0 aliphatic rings. The zero-order valence-corrected chi connectivity index (χ0v) is 13.9. The molecule has 8 heteroatoms. The normalized spacial score (nSPS) is 11.0. The second-order valence-electron chi connectivity index (χ2n) is 4.66. The van der Waals surface area contributed by atoms with Crippen molar-refractivity contribution in [3.8, 4) is 11.5 Å². The average molecular weight is 348 g/mol. The largest absolute Gasteiger partial charge is 0.493 e. The Bertz CT molecular complexity index is 756. The number of hydrogen-bond donors (Lipinski definition) is 2. The molecule has 0 fully saturated rings. The number of carboxylic acid groups (broad SMARTS) is 1. The SMILES string of the molecule is COc1cc(/C(C)=N\NC(=O)c2cccs2)ccc1OCC(=O)O. The molecular formula is C16H16N2O5S. The van der Waals surface area contributed by atoms with Crippen LogP contribution in [0.1, 0.15) is 22.2 Å². The van der Waals surface area contributed by atoms with E-state index in [1.165, 1.54) is 18.4 Å². The highest BCUT2D eigenvalue weighted by Gasteiger charge is 2.10. The lowest BCUT2D eigenvalue weighted by Crippen LogP contribution is -2.18. The van der Waals surface area contributed by atoms with Crippen molar-refractivity contribution in [2.24, 2.45) is 5.10 Å². The van der Waals surface area contributed by atoms with Gasteiger partial charge in [-0.2, -0.15) is 5.10 Å². The first-order valence-corrected chi connectivity index (χ1v) is 7.80. The van der Waals surface area contributed by atoms with Gasteiger partial charge in [0.05, 0.1) is 17.7 Å². The van der Waals surface area contributed by atoms with Gasteiger partial charge in [0.1, 0.15) is 0 Å². The maximum absolute atomic E-state index is 11.9. The topological polar surface area (TPSA) is 97.2 Å². The number of benzene rings is 1. The molecule has 0 radical (unpaired) electrons. The zero-order chi connectivity index (χ0) is 17.5. The average Bonchev–Trinajstić information content (AvgIpc) is 3.11. The third-order valence-electron chi connectivity index (χ3n) is 3.00. The lowest BCUT2D eigenvalue weighted by molar-refractivity contribution is -0.139. The van der Waals surface area contributed by atoms with Gasteiger partial charge in [-0.1, -0.05) is 6.07 Å². The van der Waals surface area contributed by atoms with Gasteiger partial charge in [-0.3, -0.25) is 4.79 Å². The molecule has 2 N–H and O–H groups in total. The van der Waals surface area contributed by atoms with Crippen molar-refractivity contribution in [2.75, 3.05) is 13.7 Å². The number of amides is 1. The minimum Gasteiger partial charge on any atom is -0.493 e. The van der Waals surface area contributed by atoms with Crippen LogP contribution >= 0.6 is 11.3 Å². The number of nitrogens with zero attached hydrogens (tertiary/aromatic N) is 1. The fourth-order valence-electron chi connectivity index (χ4n) is 1.81. The van der Waals surface area contributed by atoms with Crippen molar-refractivity contribution in [3.05, 3.63) is 46.2 Å². The Labute approximate surface area is 142 Å². The third kappa shape index (κ3) is 4.56. The van der Waals surface area contributed by atoms with Crippen LogP contribution in [0, 0.1) is 0 Å². The number of carbonyl (C=O) groups excluding carboxylic acids is 1. The van der Waals surface area contributed by atoms with E-state index < -0.39 is 12.6 Å². The molecule has 2 rings (SSSR count). The van der Waals surface area contributed by atoms with Crippen LogP contribution in [0.3, 0.4) is 0 Å².